The molecule has 0 bridgehead atoms. The zero-order chi connectivity index (χ0) is 13.6. The lowest BCUT2D eigenvalue weighted by atomic mass is 10.1. The molecule has 0 aliphatic rings. The van der Waals surface area contributed by atoms with E-state index in [9.17, 15) is 9.90 Å². The number of nitrogens with zero attached hydrogens (tertiary/aromatic N) is 1. The van der Waals surface area contributed by atoms with Gasteiger partial charge in [-0.3, -0.25) is 4.79 Å². The number of aliphatic hydroxyl groups is 1. The summed E-state index contributed by atoms with van der Waals surface area (Å²) < 4.78 is 5.39. The first kappa shape index (κ1) is 14.5. The fourth-order valence-electron chi connectivity index (χ4n) is 1.60. The van der Waals surface area contributed by atoms with Crippen LogP contribution in [0.2, 0.25) is 0 Å². The largest absolute Gasteiger partial charge is 0.484 e. The van der Waals surface area contributed by atoms with E-state index in [0.29, 0.717) is 18.8 Å². The van der Waals surface area contributed by atoms with Gasteiger partial charge in [-0.25, -0.2) is 0 Å². The van der Waals surface area contributed by atoms with Crippen LogP contribution in [-0.4, -0.2) is 41.2 Å². The predicted octanol–water partition coefficient (Wildman–Crippen LogP) is 1.68. The SMILES string of the molecule is CCN(CC(C)(C)O)C(=O)COc1ccccc1. The van der Waals surface area contributed by atoms with Crippen LogP contribution in [0.4, 0.5) is 0 Å². The van der Waals surface area contributed by atoms with Crippen LogP contribution in [0.25, 0.3) is 0 Å². The molecular weight excluding hydrogens is 230 g/mol. The molecule has 4 nitrogen and oxygen atoms in total. The number of amides is 1. The molecule has 0 spiro atoms. The van der Waals surface area contributed by atoms with Crippen molar-refractivity contribution in [1.82, 2.24) is 4.90 Å². The van der Waals surface area contributed by atoms with E-state index in [0.717, 1.165) is 0 Å². The smallest absolute Gasteiger partial charge is 0.260 e. The van der Waals surface area contributed by atoms with Crippen LogP contribution >= 0.6 is 0 Å². The van der Waals surface area contributed by atoms with Crippen LogP contribution in [0.5, 0.6) is 5.75 Å². The van der Waals surface area contributed by atoms with Crippen LogP contribution in [0.3, 0.4) is 0 Å². The summed E-state index contributed by atoms with van der Waals surface area (Å²) in [4.78, 5) is 13.5. The molecule has 0 aliphatic carbocycles. The summed E-state index contributed by atoms with van der Waals surface area (Å²) in [5.41, 5.74) is -0.890. The average molecular weight is 251 g/mol. The van der Waals surface area contributed by atoms with Gasteiger partial charge in [0.1, 0.15) is 5.75 Å². The molecule has 1 aromatic carbocycles. The van der Waals surface area contributed by atoms with Gasteiger partial charge in [0.2, 0.25) is 0 Å². The Bertz CT molecular complexity index is 370. The zero-order valence-corrected chi connectivity index (χ0v) is 11.2. The number of benzene rings is 1. The first-order chi connectivity index (χ1) is 8.42. The van der Waals surface area contributed by atoms with Crippen molar-refractivity contribution in [3.05, 3.63) is 30.3 Å². The van der Waals surface area contributed by atoms with Crippen LogP contribution < -0.4 is 4.74 Å². The summed E-state index contributed by atoms with van der Waals surface area (Å²) in [5, 5.41) is 9.72. The van der Waals surface area contributed by atoms with Gasteiger partial charge in [-0.2, -0.15) is 0 Å². The molecule has 0 aliphatic heterocycles. The molecular formula is C14H21NO3. The third kappa shape index (κ3) is 5.19. The van der Waals surface area contributed by atoms with E-state index >= 15 is 0 Å². The van der Waals surface area contributed by atoms with Crippen molar-refractivity contribution < 1.29 is 14.6 Å². The number of likely N-dealkylation sites (N-methyl/N-ethyl adjacent to an activating group) is 1. The highest BCUT2D eigenvalue weighted by Gasteiger charge is 2.21. The number of ether oxygens (including phenoxy) is 1. The Labute approximate surface area is 108 Å². The molecule has 0 saturated carbocycles. The number of carbonyl (C=O) groups is 1. The zero-order valence-electron chi connectivity index (χ0n) is 11.2. The second-order valence-electron chi connectivity index (χ2n) is 4.82. The summed E-state index contributed by atoms with van der Waals surface area (Å²) in [7, 11) is 0. The van der Waals surface area contributed by atoms with Crippen LogP contribution in [-0.2, 0) is 4.79 Å². The molecule has 18 heavy (non-hydrogen) atoms. The second kappa shape index (κ2) is 6.40. The topological polar surface area (TPSA) is 49.8 Å². The lowest BCUT2D eigenvalue weighted by Gasteiger charge is -2.28. The third-order valence-electron chi connectivity index (χ3n) is 2.42. The maximum absolute atomic E-state index is 11.9. The van der Waals surface area contributed by atoms with Crippen LogP contribution in [0.1, 0.15) is 20.8 Å². The second-order valence-corrected chi connectivity index (χ2v) is 4.82. The van der Waals surface area contributed by atoms with Crippen molar-refractivity contribution >= 4 is 5.91 Å². The van der Waals surface area contributed by atoms with E-state index in [2.05, 4.69) is 0 Å². The molecule has 0 aromatic heterocycles. The average Bonchev–Trinajstić information content (AvgIpc) is 2.33. The van der Waals surface area contributed by atoms with Crippen molar-refractivity contribution in [2.24, 2.45) is 0 Å². The van der Waals surface area contributed by atoms with Crippen molar-refractivity contribution in [1.29, 1.82) is 0 Å². The minimum absolute atomic E-state index is 0.00602. The Hall–Kier alpha value is -1.55. The summed E-state index contributed by atoms with van der Waals surface area (Å²) >= 11 is 0. The van der Waals surface area contributed by atoms with E-state index in [1.807, 2.05) is 25.1 Å². The Balaban J connectivity index is 2.48. The summed E-state index contributed by atoms with van der Waals surface area (Å²) in [6.07, 6.45) is 0. The Kier molecular flexibility index (Phi) is 5.16. The third-order valence-corrected chi connectivity index (χ3v) is 2.42. The van der Waals surface area contributed by atoms with E-state index in [1.165, 1.54) is 0 Å². The van der Waals surface area contributed by atoms with Gasteiger partial charge in [0, 0.05) is 13.1 Å². The molecule has 1 rings (SSSR count). The van der Waals surface area contributed by atoms with E-state index in [-0.39, 0.29) is 12.5 Å². The fraction of sp³-hybridized carbons (Fsp3) is 0.500. The first-order valence-electron chi connectivity index (χ1n) is 6.10. The molecule has 0 heterocycles. The Morgan fingerprint density at radius 2 is 1.94 bits per heavy atom. The quantitative estimate of drug-likeness (QED) is 0.837. The molecule has 0 unspecified atom stereocenters. The molecule has 0 saturated heterocycles. The summed E-state index contributed by atoms with van der Waals surface area (Å²) in [5.74, 6) is 0.550. The lowest BCUT2D eigenvalue weighted by Crippen LogP contribution is -2.44. The number of rotatable bonds is 6. The van der Waals surface area contributed by atoms with Gasteiger partial charge >= 0.3 is 0 Å². The molecule has 0 fully saturated rings. The minimum atomic E-state index is -0.890. The van der Waals surface area contributed by atoms with Gasteiger partial charge in [0.15, 0.2) is 6.61 Å². The molecule has 4 heteroatoms. The highest BCUT2D eigenvalue weighted by Crippen LogP contribution is 2.09. The van der Waals surface area contributed by atoms with Gasteiger partial charge in [-0.15, -0.1) is 0 Å². The molecule has 0 radical (unpaired) electrons. The molecule has 1 N–H and O–H groups in total. The van der Waals surface area contributed by atoms with Crippen molar-refractivity contribution in [2.75, 3.05) is 19.7 Å². The van der Waals surface area contributed by atoms with Crippen LogP contribution in [0, 0.1) is 0 Å². The van der Waals surface area contributed by atoms with Gasteiger partial charge in [-0.1, -0.05) is 18.2 Å². The van der Waals surface area contributed by atoms with Crippen molar-refractivity contribution in [3.8, 4) is 5.75 Å². The molecule has 0 atom stereocenters. The van der Waals surface area contributed by atoms with Crippen LogP contribution in [0.15, 0.2) is 30.3 Å². The maximum Gasteiger partial charge on any atom is 0.260 e. The van der Waals surface area contributed by atoms with E-state index < -0.39 is 5.60 Å². The monoisotopic (exact) mass is 251 g/mol. The standard InChI is InChI=1S/C14H21NO3/c1-4-15(11-14(2,3)17)13(16)10-18-12-8-6-5-7-9-12/h5-9,17H,4,10-11H2,1-3H3. The number of para-hydroxylation sites is 1. The first-order valence-corrected chi connectivity index (χ1v) is 6.10. The molecule has 100 valence electrons. The van der Waals surface area contributed by atoms with Gasteiger partial charge in [-0.05, 0) is 32.9 Å². The lowest BCUT2D eigenvalue weighted by molar-refractivity contribution is -0.136. The van der Waals surface area contributed by atoms with Gasteiger partial charge in [0.25, 0.3) is 5.91 Å². The number of hydrogen-bond acceptors (Lipinski definition) is 3. The Morgan fingerprint density at radius 1 is 1.33 bits per heavy atom. The van der Waals surface area contributed by atoms with Gasteiger partial charge in [0.05, 0.1) is 5.60 Å². The molecule has 1 amide bonds. The van der Waals surface area contributed by atoms with Crippen molar-refractivity contribution in [2.45, 2.75) is 26.4 Å². The number of hydrogen-bond donors (Lipinski definition) is 1. The predicted molar refractivity (Wildman–Crippen MR) is 70.5 cm³/mol. The Morgan fingerprint density at radius 3 is 2.44 bits per heavy atom. The van der Waals surface area contributed by atoms with E-state index in [4.69, 9.17) is 4.74 Å². The summed E-state index contributed by atoms with van der Waals surface area (Å²) in [6.45, 7) is 6.10. The number of carbonyl (C=O) groups excluding carboxylic acids is 1. The summed E-state index contributed by atoms with van der Waals surface area (Å²) in [6, 6.07) is 9.21. The molecule has 1 aromatic rings. The van der Waals surface area contributed by atoms with E-state index in [1.54, 1.807) is 30.9 Å². The minimum Gasteiger partial charge on any atom is -0.484 e. The highest BCUT2D eigenvalue weighted by atomic mass is 16.5. The normalized spacial score (nSPS) is 11.1. The fourth-order valence-corrected chi connectivity index (χ4v) is 1.60. The van der Waals surface area contributed by atoms with Gasteiger partial charge < -0.3 is 14.7 Å². The van der Waals surface area contributed by atoms with Crippen molar-refractivity contribution in [3.63, 3.8) is 0 Å². The highest BCUT2D eigenvalue weighted by molar-refractivity contribution is 5.77. The maximum atomic E-state index is 11.9.